The largest absolute Gasteiger partial charge is 0.384 e. The third-order valence-corrected chi connectivity index (χ3v) is 5.98. The Bertz CT molecular complexity index is 817. The Labute approximate surface area is 171 Å². The fourth-order valence-electron chi connectivity index (χ4n) is 3.55. The quantitative estimate of drug-likeness (QED) is 0.517. The van der Waals surface area contributed by atoms with Crippen molar-refractivity contribution in [2.24, 2.45) is 11.7 Å². The van der Waals surface area contributed by atoms with E-state index in [0.717, 1.165) is 4.88 Å². The van der Waals surface area contributed by atoms with Crippen molar-refractivity contribution in [2.45, 2.75) is 37.9 Å². The summed E-state index contributed by atoms with van der Waals surface area (Å²) in [6.45, 7) is 0.542. The van der Waals surface area contributed by atoms with Gasteiger partial charge in [-0.3, -0.25) is 19.2 Å². The number of hydroxylamine groups is 2. The number of primary amides is 1. The first-order valence-corrected chi connectivity index (χ1v) is 9.98. The first-order valence-electron chi connectivity index (χ1n) is 9.16. The molecule has 0 spiro atoms. The van der Waals surface area contributed by atoms with E-state index in [1.165, 1.54) is 16.2 Å². The number of rotatable bonds is 4. The summed E-state index contributed by atoms with van der Waals surface area (Å²) in [7, 11) is 5.11. The van der Waals surface area contributed by atoms with Gasteiger partial charge >= 0.3 is 11.8 Å². The monoisotopic (exact) mass is 424 g/mol. The van der Waals surface area contributed by atoms with Crippen molar-refractivity contribution in [3.8, 4) is 5.88 Å². The van der Waals surface area contributed by atoms with Crippen LogP contribution in [0.2, 0.25) is 0 Å². The number of carbonyl (C=O) groups excluding carboxylic acids is 4. The first kappa shape index (κ1) is 21.0. The number of amides is 4. The van der Waals surface area contributed by atoms with Gasteiger partial charge < -0.3 is 26.1 Å². The highest BCUT2D eigenvalue weighted by Crippen LogP contribution is 2.32. The molecule has 4 amide bonds. The number of carbonyl (C=O) groups is 4. The van der Waals surface area contributed by atoms with E-state index in [-0.39, 0.29) is 16.8 Å². The zero-order chi connectivity index (χ0) is 21.3. The predicted molar refractivity (Wildman–Crippen MR) is 103 cm³/mol. The summed E-state index contributed by atoms with van der Waals surface area (Å²) in [6, 6.07) is -1.06. The number of hydrogen-bond acceptors (Lipinski definition) is 8. The molecule has 0 saturated heterocycles. The van der Waals surface area contributed by atoms with Gasteiger partial charge in [-0.25, -0.2) is 0 Å². The van der Waals surface area contributed by atoms with Gasteiger partial charge in [0.1, 0.15) is 0 Å². The summed E-state index contributed by atoms with van der Waals surface area (Å²) < 4.78 is 0. The fourth-order valence-corrected chi connectivity index (χ4v) is 4.48. The number of nitrogens with one attached hydrogen (secondary N) is 2. The summed E-state index contributed by atoms with van der Waals surface area (Å²) in [4.78, 5) is 60.0. The van der Waals surface area contributed by atoms with Crippen LogP contribution >= 0.6 is 11.3 Å². The molecule has 0 radical (unpaired) electrons. The second kappa shape index (κ2) is 8.33. The molecular weight excluding hydrogens is 400 g/mol. The molecule has 29 heavy (non-hydrogen) atoms. The molecule has 0 unspecified atom stereocenters. The molecule has 2 aliphatic rings. The van der Waals surface area contributed by atoms with E-state index in [2.05, 4.69) is 15.6 Å². The molecule has 1 saturated carbocycles. The molecule has 1 aromatic heterocycles. The van der Waals surface area contributed by atoms with Crippen molar-refractivity contribution < 1.29 is 24.0 Å². The van der Waals surface area contributed by atoms with Crippen LogP contribution in [0.4, 0.5) is 0 Å². The number of aromatic nitrogens is 1. The normalized spacial score (nSPS) is 23.6. The van der Waals surface area contributed by atoms with E-state index in [9.17, 15) is 19.2 Å². The lowest BCUT2D eigenvalue weighted by Gasteiger charge is -2.36. The van der Waals surface area contributed by atoms with E-state index < -0.39 is 29.8 Å². The molecule has 3 atom stereocenters. The minimum Gasteiger partial charge on any atom is -0.384 e. The average molecular weight is 424 g/mol. The van der Waals surface area contributed by atoms with E-state index >= 15 is 0 Å². The number of fused-ring (bicyclic) bond motifs is 1. The molecule has 11 nitrogen and oxygen atoms in total. The summed E-state index contributed by atoms with van der Waals surface area (Å²) in [5, 5.41) is 7.27. The topological polar surface area (TPSA) is 147 Å². The van der Waals surface area contributed by atoms with E-state index in [4.69, 9.17) is 10.6 Å². The van der Waals surface area contributed by atoms with Crippen molar-refractivity contribution in [3.05, 3.63) is 9.88 Å². The van der Waals surface area contributed by atoms with Gasteiger partial charge in [0.15, 0.2) is 5.01 Å². The highest BCUT2D eigenvalue weighted by Gasteiger charge is 2.37. The maximum atomic E-state index is 12.7. The predicted octanol–water partition coefficient (Wildman–Crippen LogP) is -1.16. The highest BCUT2D eigenvalue weighted by molar-refractivity contribution is 7.13. The van der Waals surface area contributed by atoms with Crippen LogP contribution in [0.15, 0.2) is 0 Å². The second-order valence-electron chi connectivity index (χ2n) is 7.39. The molecule has 2 heterocycles. The molecule has 1 aromatic rings. The number of nitrogens with two attached hydrogens (primary N) is 1. The van der Waals surface area contributed by atoms with Crippen LogP contribution in [0, 0.1) is 5.92 Å². The van der Waals surface area contributed by atoms with Gasteiger partial charge in [-0.1, -0.05) is 0 Å². The van der Waals surface area contributed by atoms with Crippen molar-refractivity contribution in [1.29, 1.82) is 0 Å². The maximum Gasteiger partial charge on any atom is 0.309 e. The molecule has 1 fully saturated rings. The van der Waals surface area contributed by atoms with Crippen LogP contribution in [0.3, 0.4) is 0 Å². The lowest BCUT2D eigenvalue weighted by atomic mass is 9.81. The van der Waals surface area contributed by atoms with Crippen molar-refractivity contribution in [1.82, 2.24) is 25.6 Å². The number of nitrogens with zero attached hydrogens (tertiary/aromatic N) is 3. The molecular formula is C17H24N6O5S. The molecule has 0 bridgehead atoms. The standard InChI is InChI=1S/C17H24N6O5S/c1-22(2)17(27)8-4-5-9(19-13(25)12(18)24)10(6-8)20-14(26)16-21-15-11(29-16)7-23(3)28-15/h8-10H,4-7H2,1-3H3,(H2,18,24)(H,19,25)(H,20,26)/t8-,9-,10+/m0/s1. The molecule has 0 aromatic carbocycles. The van der Waals surface area contributed by atoms with Crippen LogP contribution in [-0.4, -0.2) is 71.8 Å². The Morgan fingerprint density at radius 1 is 1.21 bits per heavy atom. The molecule has 1 aliphatic heterocycles. The Morgan fingerprint density at radius 3 is 2.55 bits per heavy atom. The SMILES string of the molecule is CN1Cc2sc(C(=O)N[C@@H]3C[C@@H](C(=O)N(C)C)CC[C@@H]3NC(=O)C(N)=O)nc2O1. The third-order valence-electron chi connectivity index (χ3n) is 4.96. The van der Waals surface area contributed by atoms with Gasteiger partial charge in [-0.2, -0.15) is 4.98 Å². The number of hydrogen-bond donors (Lipinski definition) is 3. The summed E-state index contributed by atoms with van der Waals surface area (Å²) >= 11 is 1.23. The molecule has 4 N–H and O–H groups in total. The Kier molecular flexibility index (Phi) is 6.03. The van der Waals surface area contributed by atoms with E-state index in [1.807, 2.05) is 0 Å². The van der Waals surface area contributed by atoms with Gasteiger partial charge in [0.05, 0.1) is 17.5 Å². The molecule has 3 rings (SSSR count). The van der Waals surface area contributed by atoms with Crippen LogP contribution in [0.1, 0.15) is 33.9 Å². The first-order chi connectivity index (χ1) is 13.7. The van der Waals surface area contributed by atoms with Gasteiger partial charge in [0.2, 0.25) is 5.91 Å². The Balaban J connectivity index is 1.73. The van der Waals surface area contributed by atoms with Crippen molar-refractivity contribution in [2.75, 3.05) is 21.1 Å². The summed E-state index contributed by atoms with van der Waals surface area (Å²) in [6.07, 6.45) is 1.28. The van der Waals surface area contributed by atoms with Crippen molar-refractivity contribution in [3.63, 3.8) is 0 Å². The van der Waals surface area contributed by atoms with E-state index in [0.29, 0.717) is 31.7 Å². The summed E-state index contributed by atoms with van der Waals surface area (Å²) in [5.74, 6) is -2.37. The lowest BCUT2D eigenvalue weighted by Crippen LogP contribution is -2.57. The molecule has 12 heteroatoms. The third kappa shape index (κ3) is 4.65. The molecule has 158 valence electrons. The fraction of sp³-hybridized carbons (Fsp3) is 0.588. The van der Waals surface area contributed by atoms with Gasteiger partial charge in [0.25, 0.3) is 11.8 Å². The minimum atomic E-state index is -1.10. The van der Waals surface area contributed by atoms with Crippen LogP contribution in [-0.2, 0) is 20.9 Å². The minimum absolute atomic E-state index is 0.0476. The number of thiazole rings is 1. The summed E-state index contributed by atoms with van der Waals surface area (Å²) in [5.41, 5.74) is 5.03. The maximum absolute atomic E-state index is 12.7. The van der Waals surface area contributed by atoms with E-state index in [1.54, 1.807) is 26.2 Å². The Hall–Kier alpha value is -2.73. The van der Waals surface area contributed by atoms with Crippen LogP contribution < -0.4 is 21.2 Å². The van der Waals surface area contributed by atoms with Crippen LogP contribution in [0.25, 0.3) is 0 Å². The zero-order valence-corrected chi connectivity index (χ0v) is 17.2. The highest BCUT2D eigenvalue weighted by atomic mass is 32.1. The zero-order valence-electron chi connectivity index (χ0n) is 16.4. The molecule has 1 aliphatic carbocycles. The lowest BCUT2D eigenvalue weighted by molar-refractivity contribution is -0.138. The van der Waals surface area contributed by atoms with Crippen molar-refractivity contribution >= 4 is 35.0 Å². The van der Waals surface area contributed by atoms with Crippen LogP contribution in [0.5, 0.6) is 5.88 Å². The Morgan fingerprint density at radius 2 is 1.93 bits per heavy atom. The second-order valence-corrected chi connectivity index (χ2v) is 8.48. The van der Waals surface area contributed by atoms with Gasteiger partial charge in [0, 0.05) is 33.1 Å². The van der Waals surface area contributed by atoms with Gasteiger partial charge in [-0.05, 0) is 19.3 Å². The average Bonchev–Trinajstić information content (AvgIpc) is 3.19. The van der Waals surface area contributed by atoms with Gasteiger partial charge in [-0.15, -0.1) is 16.4 Å². The smallest absolute Gasteiger partial charge is 0.309 e.